The molecule has 0 unspecified atom stereocenters. The monoisotopic (exact) mass is 184 g/mol. The minimum atomic E-state index is 0.665. The number of piperidine rings is 1. The molecule has 0 aromatic rings. The van der Waals surface area contributed by atoms with Crippen molar-refractivity contribution in [2.45, 2.75) is 52.5 Å². The third-order valence-corrected chi connectivity index (χ3v) is 2.74. The van der Waals surface area contributed by atoms with Crippen molar-refractivity contribution >= 4 is 0 Å². The molecule has 2 nitrogen and oxygen atoms in total. The van der Waals surface area contributed by atoms with Gasteiger partial charge in [0.15, 0.2) is 0 Å². The van der Waals surface area contributed by atoms with E-state index in [1.165, 1.54) is 45.3 Å². The van der Waals surface area contributed by atoms with E-state index in [-0.39, 0.29) is 0 Å². The lowest BCUT2D eigenvalue weighted by Gasteiger charge is -2.40. The van der Waals surface area contributed by atoms with E-state index in [1.807, 2.05) is 0 Å². The van der Waals surface area contributed by atoms with Gasteiger partial charge in [-0.3, -0.25) is 0 Å². The first-order valence-corrected chi connectivity index (χ1v) is 5.77. The largest absolute Gasteiger partial charge is 0.242 e. The Bertz CT molecular complexity index is 128. The Labute approximate surface area is 82.9 Å². The first kappa shape index (κ1) is 11.0. The van der Waals surface area contributed by atoms with Crippen LogP contribution in [0.2, 0.25) is 0 Å². The summed E-state index contributed by atoms with van der Waals surface area (Å²) in [5, 5.41) is 5.09. The van der Waals surface area contributed by atoms with Crippen molar-refractivity contribution in [1.82, 2.24) is 10.0 Å². The van der Waals surface area contributed by atoms with E-state index in [0.717, 1.165) is 0 Å². The first-order valence-electron chi connectivity index (χ1n) is 5.77. The normalized spacial score (nSPS) is 20.1. The molecule has 0 aromatic heterocycles. The third kappa shape index (κ3) is 3.28. The van der Waals surface area contributed by atoms with Crippen LogP contribution in [0.4, 0.5) is 0 Å². The van der Waals surface area contributed by atoms with Gasteiger partial charge < -0.3 is 0 Å². The molecule has 0 aromatic carbocycles. The van der Waals surface area contributed by atoms with Crippen LogP contribution in [-0.2, 0) is 0 Å². The Balaban J connectivity index is 2.41. The summed E-state index contributed by atoms with van der Waals surface area (Å²) >= 11 is 0. The van der Waals surface area contributed by atoms with Crippen molar-refractivity contribution in [1.29, 1.82) is 0 Å². The minimum Gasteiger partial charge on any atom is -0.242 e. The zero-order chi connectivity index (χ0) is 9.68. The standard InChI is InChI=1S/C11H24N2/c1-4-8-13(11(2)3)12-9-6-5-7-10-12/h11H,4-10H2,1-3H3. The molecule has 0 atom stereocenters. The molecule has 0 N–H and O–H groups in total. The molecule has 0 bridgehead atoms. The first-order chi connectivity index (χ1) is 6.25. The van der Waals surface area contributed by atoms with Gasteiger partial charge in [0.1, 0.15) is 0 Å². The SMILES string of the molecule is CCCN(C(C)C)N1CCCCC1. The van der Waals surface area contributed by atoms with Crippen LogP contribution in [0, 0.1) is 0 Å². The average molecular weight is 184 g/mol. The Kier molecular flexibility index (Phi) is 4.74. The predicted octanol–water partition coefficient (Wildman–Crippen LogP) is 2.51. The van der Waals surface area contributed by atoms with Gasteiger partial charge >= 0.3 is 0 Å². The average Bonchev–Trinajstić information content (AvgIpc) is 2.15. The van der Waals surface area contributed by atoms with Crippen LogP contribution in [0.3, 0.4) is 0 Å². The Morgan fingerprint density at radius 3 is 2.23 bits per heavy atom. The molecule has 1 fully saturated rings. The van der Waals surface area contributed by atoms with Gasteiger partial charge in [0.25, 0.3) is 0 Å². The topological polar surface area (TPSA) is 6.48 Å². The molecule has 0 aliphatic carbocycles. The second-order valence-corrected chi connectivity index (χ2v) is 4.27. The maximum absolute atomic E-state index is 2.55. The Morgan fingerprint density at radius 2 is 1.77 bits per heavy atom. The molecule has 1 heterocycles. The summed E-state index contributed by atoms with van der Waals surface area (Å²) in [7, 11) is 0. The maximum atomic E-state index is 2.55. The molecule has 13 heavy (non-hydrogen) atoms. The summed E-state index contributed by atoms with van der Waals surface area (Å²) in [6.45, 7) is 10.6. The van der Waals surface area contributed by atoms with Crippen molar-refractivity contribution in [3.63, 3.8) is 0 Å². The number of hydrogen-bond acceptors (Lipinski definition) is 2. The lowest BCUT2D eigenvalue weighted by molar-refractivity contribution is -0.0629. The van der Waals surface area contributed by atoms with Crippen molar-refractivity contribution < 1.29 is 0 Å². The van der Waals surface area contributed by atoms with Crippen LogP contribution in [0.5, 0.6) is 0 Å². The molecule has 2 heteroatoms. The van der Waals surface area contributed by atoms with Crippen LogP contribution < -0.4 is 0 Å². The summed E-state index contributed by atoms with van der Waals surface area (Å²) in [5.41, 5.74) is 0. The molecule has 0 spiro atoms. The zero-order valence-corrected chi connectivity index (χ0v) is 9.42. The molecule has 0 amide bonds. The molecule has 1 saturated heterocycles. The summed E-state index contributed by atoms with van der Waals surface area (Å²) in [5.74, 6) is 0. The Hall–Kier alpha value is -0.0800. The van der Waals surface area contributed by atoms with Gasteiger partial charge in [-0.1, -0.05) is 13.3 Å². The highest BCUT2D eigenvalue weighted by atomic mass is 15.6. The van der Waals surface area contributed by atoms with E-state index >= 15 is 0 Å². The van der Waals surface area contributed by atoms with Crippen molar-refractivity contribution in [3.8, 4) is 0 Å². The van der Waals surface area contributed by atoms with Crippen LogP contribution in [0.15, 0.2) is 0 Å². The molecular formula is C11H24N2. The lowest BCUT2D eigenvalue weighted by atomic mass is 10.1. The highest BCUT2D eigenvalue weighted by Gasteiger charge is 2.19. The molecule has 78 valence electrons. The smallest absolute Gasteiger partial charge is 0.0189 e. The van der Waals surface area contributed by atoms with E-state index in [1.54, 1.807) is 0 Å². The van der Waals surface area contributed by atoms with E-state index in [4.69, 9.17) is 0 Å². The molecule has 1 rings (SSSR count). The molecular weight excluding hydrogens is 160 g/mol. The van der Waals surface area contributed by atoms with E-state index in [0.29, 0.717) is 6.04 Å². The maximum Gasteiger partial charge on any atom is 0.0189 e. The fourth-order valence-corrected chi connectivity index (χ4v) is 2.09. The number of hydrogen-bond donors (Lipinski definition) is 0. The predicted molar refractivity (Wildman–Crippen MR) is 57.6 cm³/mol. The van der Waals surface area contributed by atoms with E-state index < -0.39 is 0 Å². The van der Waals surface area contributed by atoms with Crippen molar-refractivity contribution in [2.75, 3.05) is 19.6 Å². The van der Waals surface area contributed by atoms with Crippen molar-refractivity contribution in [3.05, 3.63) is 0 Å². The number of hydrazine groups is 1. The van der Waals surface area contributed by atoms with E-state index in [2.05, 4.69) is 30.8 Å². The summed E-state index contributed by atoms with van der Waals surface area (Å²) in [4.78, 5) is 0. The highest BCUT2D eigenvalue weighted by molar-refractivity contribution is 4.66. The minimum absolute atomic E-state index is 0.665. The fourth-order valence-electron chi connectivity index (χ4n) is 2.09. The number of rotatable bonds is 4. The molecule has 0 radical (unpaired) electrons. The summed E-state index contributed by atoms with van der Waals surface area (Å²) in [6, 6.07) is 0.665. The highest BCUT2D eigenvalue weighted by Crippen LogP contribution is 2.14. The zero-order valence-electron chi connectivity index (χ0n) is 9.42. The quantitative estimate of drug-likeness (QED) is 0.662. The third-order valence-electron chi connectivity index (χ3n) is 2.74. The van der Waals surface area contributed by atoms with Crippen LogP contribution >= 0.6 is 0 Å². The second-order valence-electron chi connectivity index (χ2n) is 4.27. The molecule has 0 saturated carbocycles. The van der Waals surface area contributed by atoms with Crippen LogP contribution in [-0.4, -0.2) is 35.7 Å². The van der Waals surface area contributed by atoms with Gasteiger partial charge in [0.05, 0.1) is 0 Å². The van der Waals surface area contributed by atoms with Crippen molar-refractivity contribution in [2.24, 2.45) is 0 Å². The Morgan fingerprint density at radius 1 is 1.15 bits per heavy atom. The van der Waals surface area contributed by atoms with Gasteiger partial charge in [0.2, 0.25) is 0 Å². The molecule has 1 aliphatic heterocycles. The van der Waals surface area contributed by atoms with Gasteiger partial charge in [-0.15, -0.1) is 0 Å². The van der Waals surface area contributed by atoms with Crippen LogP contribution in [0.1, 0.15) is 46.5 Å². The van der Waals surface area contributed by atoms with Gasteiger partial charge in [0, 0.05) is 25.7 Å². The summed E-state index contributed by atoms with van der Waals surface area (Å²) < 4.78 is 0. The second kappa shape index (κ2) is 5.61. The molecule has 1 aliphatic rings. The van der Waals surface area contributed by atoms with Gasteiger partial charge in [-0.25, -0.2) is 10.0 Å². The summed E-state index contributed by atoms with van der Waals surface area (Å²) in [6.07, 6.45) is 5.45. The number of nitrogens with zero attached hydrogens (tertiary/aromatic N) is 2. The van der Waals surface area contributed by atoms with E-state index in [9.17, 15) is 0 Å². The van der Waals surface area contributed by atoms with Crippen LogP contribution in [0.25, 0.3) is 0 Å². The fraction of sp³-hybridized carbons (Fsp3) is 1.00. The van der Waals surface area contributed by atoms with Gasteiger partial charge in [-0.05, 0) is 33.1 Å². The lowest BCUT2D eigenvalue weighted by Crippen LogP contribution is -2.49. The van der Waals surface area contributed by atoms with Gasteiger partial charge in [-0.2, -0.15) is 0 Å².